The summed E-state index contributed by atoms with van der Waals surface area (Å²) in [6, 6.07) is 4.52. The largest absolute Gasteiger partial charge is 0.541 e. The molecule has 6 rings (SSSR count). The number of hydrogen-bond acceptors (Lipinski definition) is 5. The van der Waals surface area contributed by atoms with Crippen molar-refractivity contribution in [3.63, 3.8) is 0 Å². The molecule has 0 amide bonds. The van der Waals surface area contributed by atoms with Crippen LogP contribution in [0.5, 0.6) is 11.5 Å². The first-order chi connectivity index (χ1) is 16.0. The predicted octanol–water partition coefficient (Wildman–Crippen LogP) is 4.55. The van der Waals surface area contributed by atoms with Gasteiger partial charge in [-0.3, -0.25) is 4.90 Å². The van der Waals surface area contributed by atoms with E-state index in [4.69, 9.17) is 9.16 Å². The zero-order valence-electron chi connectivity index (χ0n) is 21.5. The fourth-order valence-electron chi connectivity index (χ4n) is 7.16. The monoisotopic (exact) mass is 483 g/mol. The van der Waals surface area contributed by atoms with Gasteiger partial charge in [0.2, 0.25) is 0 Å². The van der Waals surface area contributed by atoms with E-state index in [2.05, 4.69) is 50.9 Å². The van der Waals surface area contributed by atoms with Crippen LogP contribution in [0.2, 0.25) is 18.1 Å². The summed E-state index contributed by atoms with van der Waals surface area (Å²) in [5, 5.41) is 22.5. The summed E-state index contributed by atoms with van der Waals surface area (Å²) in [7, 11) is -2.07. The molecular formula is C28H41NO4Si. The van der Waals surface area contributed by atoms with Gasteiger partial charge in [-0.1, -0.05) is 32.9 Å². The summed E-state index contributed by atoms with van der Waals surface area (Å²) >= 11 is 0. The lowest BCUT2D eigenvalue weighted by atomic mass is 9.48. The molecule has 6 heteroatoms. The van der Waals surface area contributed by atoms with Crippen LogP contribution in [0, 0.1) is 5.92 Å². The molecule has 186 valence electrons. The Morgan fingerprint density at radius 2 is 2.00 bits per heavy atom. The van der Waals surface area contributed by atoms with Crippen molar-refractivity contribution in [2.75, 3.05) is 19.7 Å². The molecular weight excluding hydrogens is 442 g/mol. The second-order valence-corrected chi connectivity index (χ2v) is 17.8. The van der Waals surface area contributed by atoms with Crippen LogP contribution in [0.15, 0.2) is 23.8 Å². The molecule has 1 spiro atoms. The highest BCUT2D eigenvalue weighted by molar-refractivity contribution is 6.74. The fourth-order valence-corrected chi connectivity index (χ4v) is 8.18. The smallest absolute Gasteiger partial charge is 0.250 e. The van der Waals surface area contributed by atoms with Crippen LogP contribution in [-0.2, 0) is 11.8 Å². The van der Waals surface area contributed by atoms with Crippen molar-refractivity contribution in [2.45, 2.75) is 101 Å². The van der Waals surface area contributed by atoms with Crippen molar-refractivity contribution in [1.82, 2.24) is 4.90 Å². The van der Waals surface area contributed by atoms with Crippen molar-refractivity contribution in [1.29, 1.82) is 0 Å². The summed E-state index contributed by atoms with van der Waals surface area (Å²) in [6.45, 7) is 13.5. The summed E-state index contributed by atoms with van der Waals surface area (Å²) in [4.78, 5) is 2.60. The highest BCUT2D eigenvalue weighted by Gasteiger charge is 2.72. The Morgan fingerprint density at radius 3 is 2.68 bits per heavy atom. The minimum atomic E-state index is -2.07. The van der Waals surface area contributed by atoms with Gasteiger partial charge < -0.3 is 19.4 Å². The van der Waals surface area contributed by atoms with Crippen LogP contribution in [0.1, 0.15) is 64.0 Å². The second-order valence-electron chi connectivity index (χ2n) is 13.1. The minimum Gasteiger partial charge on any atom is -0.541 e. The lowest BCUT2D eigenvalue weighted by Crippen LogP contribution is -2.75. The highest BCUT2D eigenvalue weighted by atomic mass is 28.4. The molecule has 34 heavy (non-hydrogen) atoms. The first kappa shape index (κ1) is 23.1. The summed E-state index contributed by atoms with van der Waals surface area (Å²) in [6.07, 6.45) is 7.65. The second kappa shape index (κ2) is 7.34. The number of benzene rings is 1. The number of ether oxygens (including phenoxy) is 1. The van der Waals surface area contributed by atoms with Crippen molar-refractivity contribution in [3.8, 4) is 11.5 Å². The van der Waals surface area contributed by atoms with Gasteiger partial charge in [0.05, 0.1) is 17.6 Å². The number of piperidine rings is 1. The molecule has 2 heterocycles. The third kappa shape index (κ3) is 3.01. The standard InChI is InChI=1S/C28H41NO4Si/c1-26(2,3)34(4,5)33-21-9-8-20-16-22-28(31)12-10-19(11-15-30)25-27(28,23(20)24(21)32-25)13-14-29(22)17-18-6-7-18/h8-9,11,18,22,25,30-31H,6-7,10,12-17H2,1-5H3/b19-11-/t22-,25?,27+,28-/m1/s1. The van der Waals surface area contributed by atoms with E-state index < -0.39 is 19.3 Å². The summed E-state index contributed by atoms with van der Waals surface area (Å²) in [5.41, 5.74) is 2.41. The molecule has 3 fully saturated rings. The number of nitrogens with zero attached hydrogens (tertiary/aromatic N) is 1. The Balaban J connectivity index is 1.50. The van der Waals surface area contributed by atoms with Crippen molar-refractivity contribution >= 4 is 8.32 Å². The molecule has 5 nitrogen and oxygen atoms in total. The fraction of sp³-hybridized carbons (Fsp3) is 0.714. The molecule has 1 unspecified atom stereocenters. The lowest BCUT2D eigenvalue weighted by Gasteiger charge is -2.63. The van der Waals surface area contributed by atoms with E-state index in [0.29, 0.717) is 0 Å². The first-order valence-electron chi connectivity index (χ1n) is 13.3. The molecule has 0 aromatic heterocycles. The van der Waals surface area contributed by atoms with Gasteiger partial charge in [-0.05, 0) is 86.3 Å². The van der Waals surface area contributed by atoms with Crippen LogP contribution in [0.25, 0.3) is 0 Å². The van der Waals surface area contributed by atoms with E-state index in [1.54, 1.807) is 0 Å². The average Bonchev–Trinajstić information content (AvgIpc) is 3.49. The van der Waals surface area contributed by atoms with Crippen molar-refractivity contribution in [3.05, 3.63) is 34.9 Å². The Labute approximate surface area is 205 Å². The zero-order chi connectivity index (χ0) is 24.1. The quantitative estimate of drug-likeness (QED) is 0.475. The Morgan fingerprint density at radius 1 is 1.24 bits per heavy atom. The van der Waals surface area contributed by atoms with Gasteiger partial charge in [-0.15, -0.1) is 0 Å². The van der Waals surface area contributed by atoms with Gasteiger partial charge >= 0.3 is 0 Å². The third-order valence-corrected chi connectivity index (χ3v) is 14.5. The maximum absolute atomic E-state index is 12.6. The predicted molar refractivity (Wildman–Crippen MR) is 136 cm³/mol. The van der Waals surface area contributed by atoms with E-state index >= 15 is 0 Å². The van der Waals surface area contributed by atoms with Gasteiger partial charge in [0, 0.05) is 18.2 Å². The van der Waals surface area contributed by atoms with E-state index in [9.17, 15) is 10.2 Å². The molecule has 1 saturated heterocycles. The first-order valence-corrected chi connectivity index (χ1v) is 16.2. The Kier molecular flexibility index (Phi) is 4.98. The van der Waals surface area contributed by atoms with E-state index in [0.717, 1.165) is 61.8 Å². The van der Waals surface area contributed by atoms with Crippen molar-refractivity contribution < 1.29 is 19.4 Å². The Bertz CT molecular complexity index is 1040. The van der Waals surface area contributed by atoms with E-state index in [1.165, 1.54) is 24.0 Å². The van der Waals surface area contributed by atoms with Gasteiger partial charge in [-0.2, -0.15) is 0 Å². The van der Waals surface area contributed by atoms with Gasteiger partial charge in [-0.25, -0.2) is 0 Å². The maximum atomic E-state index is 12.6. The van der Waals surface area contributed by atoms with Gasteiger partial charge in [0.15, 0.2) is 5.75 Å². The van der Waals surface area contributed by atoms with Crippen LogP contribution in [0.4, 0.5) is 0 Å². The van der Waals surface area contributed by atoms with Gasteiger partial charge in [0.1, 0.15) is 11.9 Å². The van der Waals surface area contributed by atoms with E-state index in [1.807, 2.05) is 6.08 Å². The van der Waals surface area contributed by atoms with Crippen LogP contribution < -0.4 is 9.16 Å². The molecule has 2 aliphatic heterocycles. The summed E-state index contributed by atoms with van der Waals surface area (Å²) in [5.74, 6) is 2.52. The van der Waals surface area contributed by atoms with Gasteiger partial charge in [0.25, 0.3) is 8.32 Å². The molecule has 2 saturated carbocycles. The average molecular weight is 484 g/mol. The Hall–Kier alpha value is -1.34. The molecule has 3 aliphatic carbocycles. The number of hydrogen-bond donors (Lipinski definition) is 2. The number of rotatable bonds is 5. The minimum absolute atomic E-state index is 0.0114. The molecule has 1 aromatic rings. The maximum Gasteiger partial charge on any atom is 0.250 e. The number of aliphatic hydroxyl groups is 2. The summed E-state index contributed by atoms with van der Waals surface area (Å²) < 4.78 is 13.7. The number of likely N-dealkylation sites (tertiary alicyclic amines) is 1. The normalized spacial score (nSPS) is 35.8. The van der Waals surface area contributed by atoms with Crippen LogP contribution in [0.3, 0.4) is 0 Å². The van der Waals surface area contributed by atoms with Crippen molar-refractivity contribution in [2.24, 2.45) is 5.92 Å². The highest BCUT2D eigenvalue weighted by Crippen LogP contribution is 2.66. The van der Waals surface area contributed by atoms with E-state index in [-0.39, 0.29) is 23.8 Å². The van der Waals surface area contributed by atoms with Crippen LogP contribution in [-0.4, -0.2) is 60.9 Å². The molecule has 4 atom stereocenters. The molecule has 5 aliphatic rings. The SMILES string of the molecule is CC(C)(C)[Si](C)(C)Oc1ccc2c3c1OC1/C(=C\CO)CC[C@@]4(O)[C@@H](C2)N(CC2CC2)CC[C@]314. The molecule has 2 bridgehead atoms. The number of aliphatic hydroxyl groups excluding tert-OH is 1. The molecule has 0 radical (unpaired) electrons. The molecule has 1 aromatic carbocycles. The third-order valence-electron chi connectivity index (χ3n) is 10.2. The van der Waals surface area contributed by atoms with Crippen LogP contribution >= 0.6 is 0 Å². The molecule has 2 N–H and O–H groups in total. The zero-order valence-corrected chi connectivity index (χ0v) is 22.5. The topological polar surface area (TPSA) is 62.2 Å². The lowest BCUT2D eigenvalue weighted by molar-refractivity contribution is -0.174.